The van der Waals surface area contributed by atoms with E-state index in [1.165, 1.54) is 4.68 Å². The van der Waals surface area contributed by atoms with Crippen LogP contribution in [0.3, 0.4) is 0 Å². The van der Waals surface area contributed by atoms with Gasteiger partial charge in [0, 0.05) is 12.4 Å². The monoisotopic (exact) mass is 353 g/mol. The minimum Gasteiger partial charge on any atom is -0.454 e. The molecular formula is C15H15N9O2. The van der Waals surface area contributed by atoms with Crippen molar-refractivity contribution >= 4 is 11.6 Å². The Labute approximate surface area is 147 Å². The maximum atomic E-state index is 12.5. The summed E-state index contributed by atoms with van der Waals surface area (Å²) in [6, 6.07) is 5.20. The fourth-order valence-corrected chi connectivity index (χ4v) is 2.58. The highest BCUT2D eigenvalue weighted by Crippen LogP contribution is 2.22. The SMILES string of the molecule is Cc1nn(-c2nn[nH]n2)c(C)c1NC(=O)c1ccc(Cn2cccn2)o1. The predicted molar refractivity (Wildman–Crippen MR) is 88.8 cm³/mol. The number of hydrogen-bond acceptors (Lipinski definition) is 7. The number of aromatic nitrogens is 8. The van der Waals surface area contributed by atoms with Gasteiger partial charge in [-0.1, -0.05) is 5.10 Å². The summed E-state index contributed by atoms with van der Waals surface area (Å²) in [6.07, 6.45) is 3.50. The quantitative estimate of drug-likeness (QED) is 0.549. The predicted octanol–water partition coefficient (Wildman–Crippen LogP) is 1.09. The Hall–Kier alpha value is -3.76. The van der Waals surface area contributed by atoms with Gasteiger partial charge >= 0.3 is 0 Å². The molecule has 1 amide bonds. The van der Waals surface area contributed by atoms with E-state index in [1.54, 1.807) is 36.9 Å². The average molecular weight is 353 g/mol. The minimum absolute atomic E-state index is 0.207. The summed E-state index contributed by atoms with van der Waals surface area (Å²) < 4.78 is 8.82. The Bertz CT molecular complexity index is 1030. The average Bonchev–Trinajstić information content (AvgIpc) is 3.40. The molecule has 0 saturated heterocycles. The zero-order chi connectivity index (χ0) is 18.1. The van der Waals surface area contributed by atoms with Gasteiger partial charge in [0.15, 0.2) is 5.76 Å². The third-order valence-electron chi connectivity index (χ3n) is 3.82. The molecule has 0 aliphatic carbocycles. The Morgan fingerprint density at radius 1 is 1.35 bits per heavy atom. The standard InChI is InChI=1S/C15H15N9O2/c1-9-13(10(2)24(20-9)15-18-21-22-19-15)17-14(25)12-5-4-11(26-12)8-23-7-3-6-16-23/h3-7H,8H2,1-2H3,(H,17,25)(H,18,19,21,22). The molecule has 0 aliphatic heterocycles. The molecule has 0 unspecified atom stereocenters. The Morgan fingerprint density at radius 3 is 2.96 bits per heavy atom. The molecule has 26 heavy (non-hydrogen) atoms. The van der Waals surface area contributed by atoms with Crippen LogP contribution in [-0.2, 0) is 6.54 Å². The van der Waals surface area contributed by atoms with E-state index in [4.69, 9.17) is 4.42 Å². The van der Waals surface area contributed by atoms with Crippen LogP contribution in [0.25, 0.3) is 5.95 Å². The van der Waals surface area contributed by atoms with Crippen LogP contribution in [0.4, 0.5) is 5.69 Å². The molecule has 0 aromatic carbocycles. The van der Waals surface area contributed by atoms with E-state index >= 15 is 0 Å². The van der Waals surface area contributed by atoms with Gasteiger partial charge in [-0.15, -0.1) is 5.10 Å². The molecule has 0 fully saturated rings. The van der Waals surface area contributed by atoms with E-state index in [0.717, 1.165) is 0 Å². The lowest BCUT2D eigenvalue weighted by Gasteiger charge is -2.04. The highest BCUT2D eigenvalue weighted by molar-refractivity contribution is 6.03. The van der Waals surface area contributed by atoms with Crippen LogP contribution in [0.5, 0.6) is 0 Å². The zero-order valence-corrected chi connectivity index (χ0v) is 14.0. The van der Waals surface area contributed by atoms with Crippen molar-refractivity contribution in [2.45, 2.75) is 20.4 Å². The van der Waals surface area contributed by atoms with Crippen molar-refractivity contribution in [3.8, 4) is 5.95 Å². The van der Waals surface area contributed by atoms with Crippen molar-refractivity contribution in [2.75, 3.05) is 5.32 Å². The van der Waals surface area contributed by atoms with Crippen molar-refractivity contribution in [3.63, 3.8) is 0 Å². The van der Waals surface area contributed by atoms with Crippen molar-refractivity contribution in [1.82, 2.24) is 40.2 Å². The number of aromatic amines is 1. The first-order valence-corrected chi connectivity index (χ1v) is 7.79. The van der Waals surface area contributed by atoms with Crippen LogP contribution < -0.4 is 5.32 Å². The van der Waals surface area contributed by atoms with Crippen LogP contribution in [-0.4, -0.2) is 46.1 Å². The highest BCUT2D eigenvalue weighted by atomic mass is 16.4. The van der Waals surface area contributed by atoms with Crippen LogP contribution in [0.1, 0.15) is 27.7 Å². The van der Waals surface area contributed by atoms with Gasteiger partial charge in [-0.2, -0.15) is 20.1 Å². The van der Waals surface area contributed by atoms with Gasteiger partial charge in [0.25, 0.3) is 11.9 Å². The van der Waals surface area contributed by atoms with Crippen LogP contribution >= 0.6 is 0 Å². The smallest absolute Gasteiger partial charge is 0.291 e. The first-order chi connectivity index (χ1) is 12.6. The van der Waals surface area contributed by atoms with Crippen molar-refractivity contribution in [1.29, 1.82) is 0 Å². The lowest BCUT2D eigenvalue weighted by molar-refractivity contribution is 0.0994. The second-order valence-electron chi connectivity index (χ2n) is 5.59. The number of tetrazole rings is 1. The molecular weight excluding hydrogens is 338 g/mol. The van der Waals surface area contributed by atoms with Crippen LogP contribution in [0, 0.1) is 13.8 Å². The molecule has 11 nitrogen and oxygen atoms in total. The van der Waals surface area contributed by atoms with Crippen LogP contribution in [0.15, 0.2) is 35.0 Å². The number of furan rings is 1. The van der Waals surface area contributed by atoms with Crippen molar-refractivity contribution in [3.05, 3.63) is 53.5 Å². The third kappa shape index (κ3) is 2.85. The number of nitrogens with one attached hydrogen (secondary N) is 2. The number of H-pyrrole nitrogens is 1. The number of nitrogens with zero attached hydrogens (tertiary/aromatic N) is 7. The van der Waals surface area contributed by atoms with E-state index in [2.05, 4.69) is 36.1 Å². The van der Waals surface area contributed by atoms with Gasteiger partial charge in [-0.3, -0.25) is 9.48 Å². The Balaban J connectivity index is 1.53. The Morgan fingerprint density at radius 2 is 2.23 bits per heavy atom. The van der Waals surface area contributed by atoms with Gasteiger partial charge in [0.05, 0.1) is 23.6 Å². The second kappa shape index (κ2) is 6.27. The number of aryl methyl sites for hydroxylation is 1. The number of anilines is 1. The Kier molecular flexibility index (Phi) is 3.80. The lowest BCUT2D eigenvalue weighted by atomic mass is 10.3. The number of carbonyl (C=O) groups is 1. The second-order valence-corrected chi connectivity index (χ2v) is 5.59. The highest BCUT2D eigenvalue weighted by Gasteiger charge is 2.19. The molecule has 0 atom stereocenters. The van der Waals surface area contributed by atoms with Gasteiger partial charge in [-0.25, -0.2) is 0 Å². The summed E-state index contributed by atoms with van der Waals surface area (Å²) in [4.78, 5) is 12.5. The normalized spacial score (nSPS) is 11.0. The minimum atomic E-state index is -0.365. The van der Waals surface area contributed by atoms with E-state index < -0.39 is 0 Å². The molecule has 4 rings (SSSR count). The molecule has 0 bridgehead atoms. The molecule has 0 radical (unpaired) electrons. The largest absolute Gasteiger partial charge is 0.454 e. The third-order valence-corrected chi connectivity index (χ3v) is 3.82. The topological polar surface area (TPSA) is 132 Å². The summed E-state index contributed by atoms with van der Waals surface area (Å²) in [5.74, 6) is 0.772. The molecule has 0 spiro atoms. The van der Waals surface area contributed by atoms with Gasteiger partial charge in [0.1, 0.15) is 5.76 Å². The number of hydrogen-bond donors (Lipinski definition) is 2. The maximum Gasteiger partial charge on any atom is 0.291 e. The zero-order valence-electron chi connectivity index (χ0n) is 14.0. The van der Waals surface area contributed by atoms with Gasteiger partial charge < -0.3 is 9.73 Å². The van der Waals surface area contributed by atoms with Gasteiger partial charge in [-0.05, 0) is 37.3 Å². The van der Waals surface area contributed by atoms with Crippen LogP contribution in [0.2, 0.25) is 0 Å². The number of amides is 1. The fourth-order valence-electron chi connectivity index (χ4n) is 2.58. The van der Waals surface area contributed by atoms with E-state index in [-0.39, 0.29) is 11.7 Å². The first kappa shape index (κ1) is 15.7. The molecule has 4 heterocycles. The molecule has 4 aromatic rings. The summed E-state index contributed by atoms with van der Waals surface area (Å²) in [6.45, 7) is 4.04. The van der Waals surface area contributed by atoms with E-state index in [9.17, 15) is 4.79 Å². The maximum absolute atomic E-state index is 12.5. The fraction of sp³-hybridized carbons (Fsp3) is 0.200. The van der Waals surface area contributed by atoms with E-state index in [1.807, 2.05) is 12.3 Å². The number of rotatable bonds is 5. The lowest BCUT2D eigenvalue weighted by Crippen LogP contribution is -2.12. The van der Waals surface area contributed by atoms with Crippen molar-refractivity contribution < 1.29 is 9.21 Å². The molecule has 11 heteroatoms. The molecule has 4 aromatic heterocycles. The summed E-state index contributed by atoms with van der Waals surface area (Å²) in [5.41, 5.74) is 1.88. The van der Waals surface area contributed by atoms with E-state index in [0.29, 0.717) is 35.3 Å². The number of carbonyl (C=O) groups excluding carboxylic acids is 1. The molecule has 0 saturated carbocycles. The summed E-state index contributed by atoms with van der Waals surface area (Å²) in [7, 11) is 0. The van der Waals surface area contributed by atoms with Gasteiger partial charge in [0.2, 0.25) is 0 Å². The molecule has 2 N–H and O–H groups in total. The molecule has 0 aliphatic rings. The van der Waals surface area contributed by atoms with Crippen molar-refractivity contribution in [2.24, 2.45) is 0 Å². The summed E-state index contributed by atoms with van der Waals surface area (Å²) in [5, 5.41) is 24.9. The molecule has 132 valence electrons. The summed E-state index contributed by atoms with van der Waals surface area (Å²) >= 11 is 0. The first-order valence-electron chi connectivity index (χ1n) is 7.79.